The van der Waals surface area contributed by atoms with Crippen molar-refractivity contribution in [3.8, 4) is 0 Å². The highest BCUT2D eigenvalue weighted by molar-refractivity contribution is 7.24. The zero-order chi connectivity index (χ0) is 14.3. The molecule has 0 saturated carbocycles. The van der Waals surface area contributed by atoms with Gasteiger partial charge in [0.25, 0.3) is 0 Å². The molecule has 2 aromatic carbocycles. The van der Waals surface area contributed by atoms with Crippen molar-refractivity contribution in [3.05, 3.63) is 57.7 Å². The lowest BCUT2D eigenvalue weighted by Gasteiger charge is -2.06. The van der Waals surface area contributed by atoms with Gasteiger partial charge in [-0.2, -0.15) is 0 Å². The molecule has 0 atom stereocenters. The number of aryl methyl sites for hydroxylation is 1. The summed E-state index contributed by atoms with van der Waals surface area (Å²) >= 11 is 1.56. The molecule has 3 aromatic rings. The van der Waals surface area contributed by atoms with Gasteiger partial charge in [-0.1, -0.05) is 12.1 Å². The van der Waals surface area contributed by atoms with E-state index in [0.717, 1.165) is 15.0 Å². The molecular weight excluding hydrogens is 272 g/mol. The SMILES string of the molecule is Cc1cc2sc3ccccc3c(=O)c2cc1CC(=O)O. The van der Waals surface area contributed by atoms with Crippen LogP contribution in [0.1, 0.15) is 11.1 Å². The monoisotopic (exact) mass is 284 g/mol. The number of carboxylic acid groups (broad SMARTS) is 1. The Morgan fingerprint density at radius 2 is 1.90 bits per heavy atom. The van der Waals surface area contributed by atoms with Crippen LogP contribution in [0, 0.1) is 6.92 Å². The number of benzene rings is 2. The van der Waals surface area contributed by atoms with Crippen molar-refractivity contribution in [1.82, 2.24) is 0 Å². The maximum absolute atomic E-state index is 12.5. The predicted molar refractivity (Wildman–Crippen MR) is 81.7 cm³/mol. The molecule has 3 rings (SSSR count). The van der Waals surface area contributed by atoms with Crippen molar-refractivity contribution >= 4 is 37.5 Å². The van der Waals surface area contributed by atoms with Gasteiger partial charge in [-0.25, -0.2) is 0 Å². The first-order valence-corrected chi connectivity index (χ1v) is 7.05. The van der Waals surface area contributed by atoms with Crippen LogP contribution in [0.5, 0.6) is 0 Å². The number of rotatable bonds is 2. The molecule has 0 saturated heterocycles. The molecule has 0 radical (unpaired) electrons. The van der Waals surface area contributed by atoms with E-state index in [1.165, 1.54) is 0 Å². The molecule has 4 heteroatoms. The van der Waals surface area contributed by atoms with Gasteiger partial charge in [-0.3, -0.25) is 9.59 Å². The molecule has 3 nitrogen and oxygen atoms in total. The van der Waals surface area contributed by atoms with Crippen molar-refractivity contribution in [2.24, 2.45) is 0 Å². The third kappa shape index (κ3) is 2.08. The molecule has 0 fully saturated rings. The van der Waals surface area contributed by atoms with Crippen molar-refractivity contribution in [1.29, 1.82) is 0 Å². The van der Waals surface area contributed by atoms with E-state index in [1.54, 1.807) is 17.4 Å². The summed E-state index contributed by atoms with van der Waals surface area (Å²) in [5.74, 6) is -0.885. The second-order valence-electron chi connectivity index (χ2n) is 4.77. The lowest BCUT2D eigenvalue weighted by atomic mass is 10.0. The Bertz CT molecular complexity index is 893. The van der Waals surface area contributed by atoms with E-state index in [0.29, 0.717) is 16.3 Å². The summed E-state index contributed by atoms with van der Waals surface area (Å²) in [6.45, 7) is 1.88. The highest BCUT2D eigenvalue weighted by Crippen LogP contribution is 2.27. The first-order chi connectivity index (χ1) is 9.56. The quantitative estimate of drug-likeness (QED) is 0.734. The first kappa shape index (κ1) is 12.8. The van der Waals surface area contributed by atoms with Crippen LogP contribution in [0.2, 0.25) is 0 Å². The van der Waals surface area contributed by atoms with Crippen LogP contribution in [0.4, 0.5) is 0 Å². The van der Waals surface area contributed by atoms with E-state index in [2.05, 4.69) is 0 Å². The van der Waals surface area contributed by atoms with Gasteiger partial charge in [-0.15, -0.1) is 11.3 Å². The fourth-order valence-electron chi connectivity index (χ4n) is 2.35. The van der Waals surface area contributed by atoms with Gasteiger partial charge in [0.15, 0.2) is 5.43 Å². The van der Waals surface area contributed by atoms with Crippen LogP contribution < -0.4 is 5.43 Å². The molecule has 0 aliphatic rings. The second kappa shape index (κ2) is 4.72. The standard InChI is InChI=1S/C16H12O3S/c1-9-6-14-12(7-10(9)8-15(17)18)16(19)11-4-2-3-5-13(11)20-14/h2-7H,8H2,1H3,(H,17,18). The van der Waals surface area contributed by atoms with Crippen LogP contribution in [-0.2, 0) is 11.2 Å². The first-order valence-electron chi connectivity index (χ1n) is 6.23. The number of carbonyl (C=O) groups is 1. The van der Waals surface area contributed by atoms with Crippen molar-refractivity contribution < 1.29 is 9.90 Å². The van der Waals surface area contributed by atoms with Crippen molar-refractivity contribution in [2.45, 2.75) is 13.3 Å². The third-order valence-corrected chi connectivity index (χ3v) is 4.51. The maximum Gasteiger partial charge on any atom is 0.307 e. The molecule has 0 aliphatic carbocycles. The van der Waals surface area contributed by atoms with Gasteiger partial charge in [-0.05, 0) is 42.3 Å². The van der Waals surface area contributed by atoms with Crippen molar-refractivity contribution in [3.63, 3.8) is 0 Å². The minimum absolute atomic E-state index is 0.0269. The van der Waals surface area contributed by atoms with Crippen LogP contribution in [-0.4, -0.2) is 11.1 Å². The highest BCUT2D eigenvalue weighted by atomic mass is 32.1. The molecule has 100 valence electrons. The average molecular weight is 284 g/mol. The third-order valence-electron chi connectivity index (χ3n) is 3.38. The molecular formula is C16H12O3S. The van der Waals surface area contributed by atoms with E-state index < -0.39 is 5.97 Å². The molecule has 1 N–H and O–H groups in total. The topological polar surface area (TPSA) is 54.4 Å². The predicted octanol–water partition coefficient (Wildman–Crippen LogP) is 3.35. The van der Waals surface area contributed by atoms with E-state index in [4.69, 9.17) is 5.11 Å². The molecule has 1 heterocycles. The summed E-state index contributed by atoms with van der Waals surface area (Å²) in [5, 5.41) is 10.2. The van der Waals surface area contributed by atoms with Gasteiger partial charge in [0.2, 0.25) is 0 Å². The summed E-state index contributed by atoms with van der Waals surface area (Å²) in [5.41, 5.74) is 1.58. The fraction of sp³-hybridized carbons (Fsp3) is 0.125. The van der Waals surface area contributed by atoms with Crippen LogP contribution in [0.25, 0.3) is 20.2 Å². The molecule has 20 heavy (non-hydrogen) atoms. The zero-order valence-electron chi connectivity index (χ0n) is 10.8. The van der Waals surface area contributed by atoms with E-state index in [-0.39, 0.29) is 11.8 Å². The number of aliphatic carboxylic acids is 1. The zero-order valence-corrected chi connectivity index (χ0v) is 11.7. The lowest BCUT2D eigenvalue weighted by Crippen LogP contribution is -2.05. The Balaban J connectivity index is 2.38. The summed E-state index contributed by atoms with van der Waals surface area (Å²) in [4.78, 5) is 23.4. The largest absolute Gasteiger partial charge is 0.481 e. The second-order valence-corrected chi connectivity index (χ2v) is 5.86. The van der Waals surface area contributed by atoms with E-state index in [9.17, 15) is 9.59 Å². The normalized spacial score (nSPS) is 11.1. The summed E-state index contributed by atoms with van der Waals surface area (Å²) in [6, 6.07) is 11.1. The van der Waals surface area contributed by atoms with E-state index in [1.807, 2.05) is 37.3 Å². The summed E-state index contributed by atoms with van der Waals surface area (Å²) < 4.78 is 1.86. The van der Waals surface area contributed by atoms with Crippen LogP contribution in [0.3, 0.4) is 0 Å². The molecule has 1 aromatic heterocycles. The Labute approximate surface area is 119 Å². The summed E-state index contributed by atoms with van der Waals surface area (Å²) in [7, 11) is 0. The van der Waals surface area contributed by atoms with Gasteiger partial charge < -0.3 is 5.11 Å². The van der Waals surface area contributed by atoms with Gasteiger partial charge in [0, 0.05) is 20.2 Å². The molecule has 0 spiro atoms. The Kier molecular flexibility index (Phi) is 3.03. The molecule has 0 aliphatic heterocycles. The molecule has 0 amide bonds. The van der Waals surface area contributed by atoms with Crippen LogP contribution in [0.15, 0.2) is 41.2 Å². The minimum atomic E-state index is -0.885. The Hall–Kier alpha value is -2.20. The van der Waals surface area contributed by atoms with Crippen LogP contribution >= 0.6 is 11.3 Å². The van der Waals surface area contributed by atoms with Gasteiger partial charge >= 0.3 is 5.97 Å². The summed E-state index contributed by atoms with van der Waals surface area (Å²) in [6.07, 6.45) is -0.0568. The molecule has 0 bridgehead atoms. The van der Waals surface area contributed by atoms with Crippen molar-refractivity contribution in [2.75, 3.05) is 0 Å². The highest BCUT2D eigenvalue weighted by Gasteiger charge is 2.10. The van der Waals surface area contributed by atoms with E-state index >= 15 is 0 Å². The Morgan fingerprint density at radius 1 is 1.15 bits per heavy atom. The Morgan fingerprint density at radius 3 is 2.65 bits per heavy atom. The number of hydrogen-bond acceptors (Lipinski definition) is 3. The fourth-order valence-corrected chi connectivity index (χ4v) is 3.50. The number of fused-ring (bicyclic) bond motifs is 2. The van der Waals surface area contributed by atoms with Gasteiger partial charge in [0.1, 0.15) is 0 Å². The average Bonchev–Trinajstić information content (AvgIpc) is 2.40. The van der Waals surface area contributed by atoms with Gasteiger partial charge in [0.05, 0.1) is 6.42 Å². The number of carboxylic acids is 1. The maximum atomic E-state index is 12.5. The smallest absolute Gasteiger partial charge is 0.307 e. The minimum Gasteiger partial charge on any atom is -0.481 e. The lowest BCUT2D eigenvalue weighted by molar-refractivity contribution is -0.136. The number of hydrogen-bond donors (Lipinski definition) is 1. The molecule has 0 unspecified atom stereocenters.